The maximum Gasteiger partial charge on any atom is 0.222 e. The van der Waals surface area contributed by atoms with Crippen molar-refractivity contribution < 1.29 is 9.59 Å². The van der Waals surface area contributed by atoms with Gasteiger partial charge in [-0.1, -0.05) is 0 Å². The van der Waals surface area contributed by atoms with Gasteiger partial charge >= 0.3 is 0 Å². The van der Waals surface area contributed by atoms with Crippen molar-refractivity contribution >= 4 is 11.8 Å². The zero-order chi connectivity index (χ0) is 11.3. The number of hydrogen-bond donors (Lipinski definition) is 2. The van der Waals surface area contributed by atoms with Crippen LogP contribution in [0.5, 0.6) is 0 Å². The molecule has 0 unspecified atom stereocenters. The van der Waals surface area contributed by atoms with Gasteiger partial charge in [0.1, 0.15) is 0 Å². The molecule has 2 N–H and O–H groups in total. The molecule has 0 bridgehead atoms. The van der Waals surface area contributed by atoms with Gasteiger partial charge in [-0.15, -0.1) is 0 Å². The summed E-state index contributed by atoms with van der Waals surface area (Å²) in [6.07, 6.45) is 4.43. The lowest BCUT2D eigenvalue weighted by molar-refractivity contribution is -0.125. The van der Waals surface area contributed by atoms with Gasteiger partial charge in [-0.05, 0) is 31.6 Å². The van der Waals surface area contributed by atoms with Gasteiger partial charge in [-0.3, -0.25) is 9.59 Å². The van der Waals surface area contributed by atoms with Crippen LogP contribution in [0.2, 0.25) is 0 Å². The van der Waals surface area contributed by atoms with E-state index >= 15 is 0 Å². The quantitative estimate of drug-likeness (QED) is 0.722. The summed E-state index contributed by atoms with van der Waals surface area (Å²) in [6, 6.07) is 0. The van der Waals surface area contributed by atoms with Gasteiger partial charge in [-0.2, -0.15) is 0 Å². The third-order valence-corrected chi connectivity index (χ3v) is 3.22. The standard InChI is InChI=1S/C11H20N2O2/c1-12-10(14)7-8-3-5-9(6-4-8)11(15)13-2/h8-9H,3-7H2,1-2H3,(H,12,14)(H,13,15). The summed E-state index contributed by atoms with van der Waals surface area (Å²) in [7, 11) is 3.34. The number of carbonyl (C=O) groups is 2. The van der Waals surface area contributed by atoms with Gasteiger partial charge in [0.15, 0.2) is 0 Å². The molecule has 4 nitrogen and oxygen atoms in total. The zero-order valence-electron chi connectivity index (χ0n) is 9.51. The summed E-state index contributed by atoms with van der Waals surface area (Å²) in [5.74, 6) is 0.883. The highest BCUT2D eigenvalue weighted by Gasteiger charge is 2.26. The zero-order valence-corrected chi connectivity index (χ0v) is 9.51. The van der Waals surface area contributed by atoms with Crippen LogP contribution in [0.25, 0.3) is 0 Å². The van der Waals surface area contributed by atoms with E-state index in [0.717, 1.165) is 25.7 Å². The Morgan fingerprint density at radius 1 is 1.07 bits per heavy atom. The highest BCUT2D eigenvalue weighted by molar-refractivity contribution is 5.78. The van der Waals surface area contributed by atoms with E-state index in [0.29, 0.717) is 12.3 Å². The van der Waals surface area contributed by atoms with Crippen LogP contribution in [0, 0.1) is 11.8 Å². The van der Waals surface area contributed by atoms with Crippen molar-refractivity contribution in [2.24, 2.45) is 11.8 Å². The highest BCUT2D eigenvalue weighted by Crippen LogP contribution is 2.30. The summed E-state index contributed by atoms with van der Waals surface area (Å²) < 4.78 is 0. The van der Waals surface area contributed by atoms with Crippen molar-refractivity contribution in [2.45, 2.75) is 32.1 Å². The molecule has 1 rings (SSSR count). The van der Waals surface area contributed by atoms with E-state index in [4.69, 9.17) is 0 Å². The van der Waals surface area contributed by atoms with Crippen LogP contribution in [-0.2, 0) is 9.59 Å². The Hall–Kier alpha value is -1.06. The minimum absolute atomic E-state index is 0.110. The predicted octanol–water partition coefficient (Wildman–Crippen LogP) is 0.675. The molecule has 1 fully saturated rings. The summed E-state index contributed by atoms with van der Waals surface area (Å²) in [5.41, 5.74) is 0. The summed E-state index contributed by atoms with van der Waals surface area (Å²) in [5, 5.41) is 5.32. The van der Waals surface area contributed by atoms with Crippen LogP contribution in [0.15, 0.2) is 0 Å². The molecule has 0 atom stereocenters. The molecule has 0 aromatic heterocycles. The van der Waals surface area contributed by atoms with Crippen molar-refractivity contribution in [1.82, 2.24) is 10.6 Å². The topological polar surface area (TPSA) is 58.2 Å². The van der Waals surface area contributed by atoms with E-state index in [-0.39, 0.29) is 17.7 Å². The summed E-state index contributed by atoms with van der Waals surface area (Å²) in [4.78, 5) is 22.5. The van der Waals surface area contributed by atoms with Crippen LogP contribution in [0.3, 0.4) is 0 Å². The molecule has 0 aromatic rings. The van der Waals surface area contributed by atoms with Gasteiger partial charge in [0.25, 0.3) is 0 Å². The molecule has 0 radical (unpaired) electrons. The Kier molecular flexibility index (Phi) is 4.59. The Labute approximate surface area is 90.8 Å². The molecule has 0 aliphatic heterocycles. The largest absolute Gasteiger partial charge is 0.359 e. The molecular formula is C11H20N2O2. The van der Waals surface area contributed by atoms with E-state index in [1.54, 1.807) is 14.1 Å². The maximum absolute atomic E-state index is 11.4. The molecule has 86 valence electrons. The van der Waals surface area contributed by atoms with Gasteiger partial charge in [0, 0.05) is 26.4 Å². The molecule has 0 spiro atoms. The van der Waals surface area contributed by atoms with Crippen LogP contribution in [-0.4, -0.2) is 25.9 Å². The van der Waals surface area contributed by atoms with E-state index in [2.05, 4.69) is 10.6 Å². The summed E-state index contributed by atoms with van der Waals surface area (Å²) >= 11 is 0. The van der Waals surface area contributed by atoms with Crippen molar-refractivity contribution in [1.29, 1.82) is 0 Å². The molecule has 15 heavy (non-hydrogen) atoms. The van der Waals surface area contributed by atoms with Crippen molar-refractivity contribution in [3.8, 4) is 0 Å². The third-order valence-electron chi connectivity index (χ3n) is 3.22. The lowest BCUT2D eigenvalue weighted by Gasteiger charge is -2.26. The Bertz CT molecular complexity index is 233. The second-order valence-electron chi connectivity index (χ2n) is 4.21. The fourth-order valence-electron chi connectivity index (χ4n) is 2.20. The summed E-state index contributed by atoms with van der Waals surface area (Å²) in [6.45, 7) is 0. The van der Waals surface area contributed by atoms with Crippen LogP contribution >= 0.6 is 0 Å². The van der Waals surface area contributed by atoms with Crippen molar-refractivity contribution in [3.05, 3.63) is 0 Å². The maximum atomic E-state index is 11.4. The number of hydrogen-bond acceptors (Lipinski definition) is 2. The fourth-order valence-corrected chi connectivity index (χ4v) is 2.20. The van der Waals surface area contributed by atoms with Crippen LogP contribution < -0.4 is 10.6 Å². The average molecular weight is 212 g/mol. The van der Waals surface area contributed by atoms with Gasteiger partial charge in [0.05, 0.1) is 0 Å². The first-order valence-corrected chi connectivity index (χ1v) is 5.59. The third kappa shape index (κ3) is 3.53. The van der Waals surface area contributed by atoms with Gasteiger partial charge in [0.2, 0.25) is 11.8 Å². The smallest absolute Gasteiger partial charge is 0.222 e. The fraction of sp³-hybridized carbons (Fsp3) is 0.818. The van der Waals surface area contributed by atoms with E-state index in [1.165, 1.54) is 0 Å². The lowest BCUT2D eigenvalue weighted by atomic mass is 9.80. The van der Waals surface area contributed by atoms with E-state index in [1.807, 2.05) is 0 Å². The number of amides is 2. The number of carbonyl (C=O) groups excluding carboxylic acids is 2. The Morgan fingerprint density at radius 2 is 1.67 bits per heavy atom. The van der Waals surface area contributed by atoms with E-state index in [9.17, 15) is 9.59 Å². The molecule has 0 heterocycles. The molecule has 0 aromatic carbocycles. The Balaban J connectivity index is 2.29. The monoisotopic (exact) mass is 212 g/mol. The molecule has 1 saturated carbocycles. The van der Waals surface area contributed by atoms with Crippen LogP contribution in [0.4, 0.5) is 0 Å². The minimum atomic E-state index is 0.110. The van der Waals surface area contributed by atoms with Gasteiger partial charge in [-0.25, -0.2) is 0 Å². The van der Waals surface area contributed by atoms with E-state index < -0.39 is 0 Å². The molecule has 2 amide bonds. The average Bonchev–Trinajstić information content (AvgIpc) is 2.29. The normalized spacial score (nSPS) is 25.7. The van der Waals surface area contributed by atoms with Gasteiger partial charge < -0.3 is 10.6 Å². The predicted molar refractivity (Wildman–Crippen MR) is 58.2 cm³/mol. The molecular weight excluding hydrogens is 192 g/mol. The molecule has 0 saturated heterocycles. The SMILES string of the molecule is CNC(=O)CC1CCC(C(=O)NC)CC1. The molecule has 4 heteroatoms. The second-order valence-corrected chi connectivity index (χ2v) is 4.21. The lowest BCUT2D eigenvalue weighted by Crippen LogP contribution is -2.31. The van der Waals surface area contributed by atoms with Crippen molar-refractivity contribution in [2.75, 3.05) is 14.1 Å². The van der Waals surface area contributed by atoms with Crippen molar-refractivity contribution in [3.63, 3.8) is 0 Å². The molecule has 1 aliphatic carbocycles. The first kappa shape index (κ1) is 12.0. The second kappa shape index (κ2) is 5.73. The first-order chi connectivity index (χ1) is 7.17. The first-order valence-electron chi connectivity index (χ1n) is 5.59. The minimum Gasteiger partial charge on any atom is -0.359 e. The molecule has 1 aliphatic rings. The Morgan fingerprint density at radius 3 is 2.13 bits per heavy atom. The number of rotatable bonds is 3. The highest BCUT2D eigenvalue weighted by atomic mass is 16.2. The van der Waals surface area contributed by atoms with Crippen LogP contribution in [0.1, 0.15) is 32.1 Å². The number of nitrogens with one attached hydrogen (secondary N) is 2.